The van der Waals surface area contributed by atoms with E-state index in [-0.39, 0.29) is 6.10 Å². The molecule has 2 rings (SSSR count). The van der Waals surface area contributed by atoms with Gasteiger partial charge in [0.25, 0.3) is 0 Å². The standard InChI is InChI=1S/C19H26ClNO2/c1-3-4-14-5-7-17(8-6-14)23-19-12-15(9-10-21-2)16(13-22)11-18(19)20/h9-14,17,21H,3-8H2,1-2H3/b10-9-. The van der Waals surface area contributed by atoms with Gasteiger partial charge in [0, 0.05) is 12.6 Å². The van der Waals surface area contributed by atoms with Crippen LogP contribution in [0.15, 0.2) is 18.3 Å². The summed E-state index contributed by atoms with van der Waals surface area (Å²) in [6, 6.07) is 3.54. The first-order valence-electron chi connectivity index (χ1n) is 8.47. The van der Waals surface area contributed by atoms with E-state index >= 15 is 0 Å². The fourth-order valence-electron chi connectivity index (χ4n) is 3.22. The van der Waals surface area contributed by atoms with Gasteiger partial charge in [0.15, 0.2) is 6.29 Å². The summed E-state index contributed by atoms with van der Waals surface area (Å²) in [4.78, 5) is 11.2. The molecular formula is C19H26ClNO2. The largest absolute Gasteiger partial charge is 0.489 e. The maximum atomic E-state index is 11.2. The van der Waals surface area contributed by atoms with Gasteiger partial charge >= 0.3 is 0 Å². The molecule has 23 heavy (non-hydrogen) atoms. The van der Waals surface area contributed by atoms with Crippen molar-refractivity contribution in [2.24, 2.45) is 5.92 Å². The van der Waals surface area contributed by atoms with E-state index in [2.05, 4.69) is 12.2 Å². The predicted octanol–water partition coefficient (Wildman–Crippen LogP) is 5.08. The average molecular weight is 336 g/mol. The maximum absolute atomic E-state index is 11.2. The first kappa shape index (κ1) is 17.9. The van der Waals surface area contributed by atoms with Crippen molar-refractivity contribution < 1.29 is 9.53 Å². The quantitative estimate of drug-likeness (QED) is 0.706. The number of hydrogen-bond acceptors (Lipinski definition) is 3. The molecule has 0 heterocycles. The number of aldehydes is 1. The van der Waals surface area contributed by atoms with Crippen LogP contribution in [0.2, 0.25) is 5.02 Å². The predicted molar refractivity (Wildman–Crippen MR) is 96.2 cm³/mol. The van der Waals surface area contributed by atoms with E-state index in [4.69, 9.17) is 16.3 Å². The van der Waals surface area contributed by atoms with Crippen molar-refractivity contribution in [1.29, 1.82) is 0 Å². The van der Waals surface area contributed by atoms with Gasteiger partial charge in [-0.2, -0.15) is 0 Å². The second-order valence-corrected chi connectivity index (χ2v) is 6.61. The number of nitrogens with one attached hydrogen (secondary N) is 1. The number of halogens is 1. The van der Waals surface area contributed by atoms with Crippen LogP contribution in [-0.2, 0) is 0 Å². The van der Waals surface area contributed by atoms with E-state index < -0.39 is 0 Å². The fourth-order valence-corrected chi connectivity index (χ4v) is 3.44. The molecule has 1 aromatic carbocycles. The third-order valence-corrected chi connectivity index (χ3v) is 4.77. The Bertz CT molecular complexity index is 549. The van der Waals surface area contributed by atoms with Crippen molar-refractivity contribution >= 4 is 24.0 Å². The second kappa shape index (κ2) is 8.97. The summed E-state index contributed by atoms with van der Waals surface area (Å²) in [5.74, 6) is 1.52. The molecule has 126 valence electrons. The van der Waals surface area contributed by atoms with Gasteiger partial charge in [-0.1, -0.05) is 31.4 Å². The normalized spacial score (nSPS) is 21.3. The van der Waals surface area contributed by atoms with E-state index in [1.54, 1.807) is 12.3 Å². The minimum Gasteiger partial charge on any atom is -0.489 e. The second-order valence-electron chi connectivity index (χ2n) is 6.20. The van der Waals surface area contributed by atoms with E-state index in [0.717, 1.165) is 30.6 Å². The van der Waals surface area contributed by atoms with Crippen LogP contribution in [0.3, 0.4) is 0 Å². The van der Waals surface area contributed by atoms with Crippen LogP contribution in [0.5, 0.6) is 5.75 Å². The molecule has 0 saturated heterocycles. The van der Waals surface area contributed by atoms with E-state index in [9.17, 15) is 4.79 Å². The van der Waals surface area contributed by atoms with Crippen LogP contribution in [-0.4, -0.2) is 19.4 Å². The highest BCUT2D eigenvalue weighted by Crippen LogP contribution is 2.34. The smallest absolute Gasteiger partial charge is 0.150 e. The molecule has 1 aliphatic carbocycles. The summed E-state index contributed by atoms with van der Waals surface area (Å²) in [6.07, 6.45) is 11.9. The molecule has 1 aliphatic rings. The zero-order chi connectivity index (χ0) is 16.7. The maximum Gasteiger partial charge on any atom is 0.150 e. The molecule has 0 radical (unpaired) electrons. The average Bonchev–Trinajstić information content (AvgIpc) is 2.57. The summed E-state index contributed by atoms with van der Waals surface area (Å²) in [5.41, 5.74) is 1.38. The Kier molecular flexibility index (Phi) is 6.97. The molecule has 0 aliphatic heterocycles. The zero-order valence-electron chi connectivity index (χ0n) is 14.0. The number of carbonyl (C=O) groups excluding carboxylic acids is 1. The molecular weight excluding hydrogens is 310 g/mol. The first-order chi connectivity index (χ1) is 11.2. The van der Waals surface area contributed by atoms with Gasteiger partial charge in [0.05, 0.1) is 11.1 Å². The van der Waals surface area contributed by atoms with E-state index in [1.165, 1.54) is 25.7 Å². The van der Waals surface area contributed by atoms with Crippen LogP contribution in [0.4, 0.5) is 0 Å². The molecule has 0 atom stereocenters. The number of hydrogen-bond donors (Lipinski definition) is 1. The summed E-state index contributed by atoms with van der Waals surface area (Å²) < 4.78 is 6.13. The zero-order valence-corrected chi connectivity index (χ0v) is 14.7. The molecule has 0 aromatic heterocycles. The fraction of sp³-hybridized carbons (Fsp3) is 0.526. The number of carbonyl (C=O) groups is 1. The molecule has 1 saturated carbocycles. The summed E-state index contributed by atoms with van der Waals surface area (Å²) >= 11 is 6.29. The topological polar surface area (TPSA) is 38.3 Å². The molecule has 0 amide bonds. The van der Waals surface area contributed by atoms with Gasteiger partial charge in [0.1, 0.15) is 5.75 Å². The minimum atomic E-state index is 0.226. The monoisotopic (exact) mass is 335 g/mol. The van der Waals surface area contributed by atoms with Crippen molar-refractivity contribution in [3.63, 3.8) is 0 Å². The lowest BCUT2D eigenvalue weighted by atomic mass is 9.85. The molecule has 1 aromatic rings. The summed E-state index contributed by atoms with van der Waals surface area (Å²) in [5, 5.41) is 3.43. The highest BCUT2D eigenvalue weighted by atomic mass is 35.5. The van der Waals surface area contributed by atoms with Crippen molar-refractivity contribution in [2.75, 3.05) is 7.05 Å². The Morgan fingerprint density at radius 3 is 2.61 bits per heavy atom. The lowest BCUT2D eigenvalue weighted by Crippen LogP contribution is -2.24. The summed E-state index contributed by atoms with van der Waals surface area (Å²) in [7, 11) is 1.82. The molecule has 0 bridgehead atoms. The molecule has 4 heteroatoms. The molecule has 0 unspecified atom stereocenters. The van der Waals surface area contributed by atoms with Crippen LogP contribution in [0.1, 0.15) is 61.4 Å². The Balaban J connectivity index is 2.08. The number of ether oxygens (including phenoxy) is 1. The third-order valence-electron chi connectivity index (χ3n) is 4.48. The van der Waals surface area contributed by atoms with Gasteiger partial charge in [0.2, 0.25) is 0 Å². The van der Waals surface area contributed by atoms with Crippen molar-refractivity contribution in [3.05, 3.63) is 34.5 Å². The lowest BCUT2D eigenvalue weighted by Gasteiger charge is -2.29. The van der Waals surface area contributed by atoms with Crippen LogP contribution < -0.4 is 10.1 Å². The van der Waals surface area contributed by atoms with Gasteiger partial charge in [-0.25, -0.2) is 0 Å². The van der Waals surface area contributed by atoms with E-state index in [0.29, 0.717) is 16.3 Å². The molecule has 3 nitrogen and oxygen atoms in total. The Hall–Kier alpha value is -1.48. The first-order valence-corrected chi connectivity index (χ1v) is 8.84. The van der Waals surface area contributed by atoms with Crippen molar-refractivity contribution in [1.82, 2.24) is 5.32 Å². The lowest BCUT2D eigenvalue weighted by molar-refractivity contribution is 0.112. The molecule has 0 spiro atoms. The highest BCUT2D eigenvalue weighted by molar-refractivity contribution is 6.32. The molecule has 1 fully saturated rings. The number of benzene rings is 1. The third kappa shape index (κ3) is 5.00. The van der Waals surface area contributed by atoms with Crippen molar-refractivity contribution in [3.8, 4) is 5.75 Å². The van der Waals surface area contributed by atoms with Crippen LogP contribution >= 0.6 is 11.6 Å². The Morgan fingerprint density at radius 2 is 2.00 bits per heavy atom. The SMILES string of the molecule is CCCC1CCC(Oc2cc(/C=C\NC)c(C=O)cc2Cl)CC1. The Labute approximate surface area is 144 Å². The van der Waals surface area contributed by atoms with Crippen LogP contribution in [0.25, 0.3) is 6.08 Å². The van der Waals surface area contributed by atoms with Crippen LogP contribution in [0, 0.1) is 5.92 Å². The number of rotatable bonds is 7. The van der Waals surface area contributed by atoms with Gasteiger partial charge < -0.3 is 10.1 Å². The van der Waals surface area contributed by atoms with Crippen molar-refractivity contribution in [2.45, 2.75) is 51.6 Å². The van der Waals surface area contributed by atoms with Gasteiger partial charge in [-0.3, -0.25) is 4.79 Å². The minimum absolute atomic E-state index is 0.226. The van der Waals surface area contributed by atoms with Gasteiger partial charge in [-0.15, -0.1) is 0 Å². The summed E-state index contributed by atoms with van der Waals surface area (Å²) in [6.45, 7) is 2.25. The molecule has 1 N–H and O–H groups in total. The van der Waals surface area contributed by atoms with Gasteiger partial charge in [-0.05, 0) is 61.6 Å². The van der Waals surface area contributed by atoms with E-state index in [1.807, 2.05) is 19.2 Å². The highest BCUT2D eigenvalue weighted by Gasteiger charge is 2.22. The Morgan fingerprint density at radius 1 is 1.26 bits per heavy atom.